The van der Waals surface area contributed by atoms with Crippen molar-refractivity contribution in [2.24, 2.45) is 11.7 Å². The van der Waals surface area contributed by atoms with Gasteiger partial charge in [0.25, 0.3) is 0 Å². The van der Waals surface area contributed by atoms with Crippen molar-refractivity contribution in [1.82, 2.24) is 9.97 Å². The number of fused-ring (bicyclic) bond motifs is 1. The number of rotatable bonds is 4. The highest BCUT2D eigenvalue weighted by atomic mass is 35.5. The molecule has 0 spiro atoms. The van der Waals surface area contributed by atoms with Crippen LogP contribution in [0.4, 0.5) is 10.2 Å². The van der Waals surface area contributed by atoms with Crippen LogP contribution in [0.3, 0.4) is 0 Å². The molecule has 2 aromatic rings. The molecule has 0 radical (unpaired) electrons. The van der Waals surface area contributed by atoms with Gasteiger partial charge in [0.1, 0.15) is 35.3 Å². The summed E-state index contributed by atoms with van der Waals surface area (Å²) in [5.41, 5.74) is 4.77. The minimum atomic E-state index is -1.34. The van der Waals surface area contributed by atoms with Crippen molar-refractivity contribution in [1.29, 1.82) is 0 Å². The van der Waals surface area contributed by atoms with Crippen LogP contribution in [0.2, 0.25) is 5.15 Å². The lowest BCUT2D eigenvalue weighted by molar-refractivity contribution is -0.134. The van der Waals surface area contributed by atoms with Gasteiger partial charge in [-0.3, -0.25) is 14.5 Å². The minimum Gasteiger partial charge on any atom is -0.368 e. The summed E-state index contributed by atoms with van der Waals surface area (Å²) in [5.74, 6) is -2.21. The number of amides is 2. The number of anilines is 1. The molecule has 0 saturated carbocycles. The summed E-state index contributed by atoms with van der Waals surface area (Å²) in [6.07, 6.45) is 1.18. The van der Waals surface area contributed by atoms with Gasteiger partial charge in [0, 0.05) is 7.11 Å². The van der Waals surface area contributed by atoms with Crippen molar-refractivity contribution in [2.75, 3.05) is 18.6 Å². The molecule has 9 heteroatoms. The van der Waals surface area contributed by atoms with E-state index in [0.717, 1.165) is 4.90 Å². The molecule has 3 rings (SSSR count). The van der Waals surface area contributed by atoms with E-state index in [2.05, 4.69) is 9.97 Å². The quantitative estimate of drug-likeness (QED) is 0.815. The fourth-order valence-electron chi connectivity index (χ4n) is 3.41. The normalized spacial score (nSPS) is 22.2. The van der Waals surface area contributed by atoms with Crippen LogP contribution in [-0.2, 0) is 19.9 Å². The van der Waals surface area contributed by atoms with E-state index in [1.807, 2.05) is 0 Å². The lowest BCUT2D eigenvalue weighted by Crippen LogP contribution is -2.55. The maximum Gasteiger partial charge on any atom is 0.237 e. The largest absolute Gasteiger partial charge is 0.368 e. The summed E-state index contributed by atoms with van der Waals surface area (Å²) in [7, 11) is 1.42. The average Bonchev–Trinajstić information content (AvgIpc) is 2.61. The molecular formula is C17H16ClFN4O3. The standard InChI is InChI=1S/C17H16ClFN4O3/c1-9-16(25)23(7-12(20)24)15-13(14(18)21-8-22-15)17(9,26-2)10-3-5-11(19)6-4-10/h3-6,8-9H,7H2,1-2H3,(H2,20,24)/t9?,17-/m0/s1. The van der Waals surface area contributed by atoms with Crippen molar-refractivity contribution in [3.63, 3.8) is 0 Å². The predicted molar refractivity (Wildman–Crippen MR) is 91.9 cm³/mol. The Labute approximate surface area is 153 Å². The van der Waals surface area contributed by atoms with Gasteiger partial charge in [0.15, 0.2) is 0 Å². The number of primary amides is 1. The Balaban J connectivity index is 2.33. The number of nitrogens with two attached hydrogens (primary N) is 1. The molecule has 136 valence electrons. The van der Waals surface area contributed by atoms with E-state index in [4.69, 9.17) is 22.1 Å². The van der Waals surface area contributed by atoms with Crippen LogP contribution in [0.15, 0.2) is 30.6 Å². The second kappa shape index (κ2) is 6.62. The number of nitrogens with zero attached hydrogens (tertiary/aromatic N) is 3. The first-order chi connectivity index (χ1) is 12.3. The van der Waals surface area contributed by atoms with Gasteiger partial charge in [-0.1, -0.05) is 30.7 Å². The Morgan fingerprint density at radius 1 is 1.38 bits per heavy atom. The first-order valence-electron chi connectivity index (χ1n) is 7.74. The first kappa shape index (κ1) is 18.2. The van der Waals surface area contributed by atoms with Crippen molar-refractivity contribution < 1.29 is 18.7 Å². The van der Waals surface area contributed by atoms with E-state index < -0.39 is 29.2 Å². The third-order valence-corrected chi connectivity index (χ3v) is 4.85. The minimum absolute atomic E-state index is 0.0648. The van der Waals surface area contributed by atoms with Gasteiger partial charge in [0.05, 0.1) is 11.5 Å². The van der Waals surface area contributed by atoms with Crippen molar-refractivity contribution in [2.45, 2.75) is 12.5 Å². The summed E-state index contributed by atoms with van der Waals surface area (Å²) in [6, 6.07) is 5.56. The molecular weight excluding hydrogens is 363 g/mol. The van der Waals surface area contributed by atoms with E-state index in [1.54, 1.807) is 6.92 Å². The Morgan fingerprint density at radius 2 is 2.04 bits per heavy atom. The summed E-state index contributed by atoms with van der Waals surface area (Å²) in [6.45, 7) is 1.28. The number of hydrogen-bond donors (Lipinski definition) is 1. The molecule has 1 aromatic heterocycles. The molecule has 2 heterocycles. The molecule has 0 saturated heterocycles. The van der Waals surface area contributed by atoms with E-state index >= 15 is 0 Å². The van der Waals surface area contributed by atoms with Gasteiger partial charge in [-0.15, -0.1) is 0 Å². The monoisotopic (exact) mass is 378 g/mol. The molecule has 1 aromatic carbocycles. The Hall–Kier alpha value is -2.58. The van der Waals surface area contributed by atoms with Crippen LogP contribution in [0.1, 0.15) is 18.1 Å². The lowest BCUT2D eigenvalue weighted by atomic mass is 9.74. The fourth-order valence-corrected chi connectivity index (χ4v) is 3.67. The SMILES string of the molecule is CO[C@@]1(c2ccc(F)cc2)c2c(Cl)ncnc2N(CC(N)=O)C(=O)C1C. The van der Waals surface area contributed by atoms with Crippen LogP contribution in [0, 0.1) is 11.7 Å². The molecule has 1 aliphatic rings. The third-order valence-electron chi connectivity index (χ3n) is 4.56. The fraction of sp³-hybridized carbons (Fsp3) is 0.294. The highest BCUT2D eigenvalue weighted by Crippen LogP contribution is 2.50. The molecule has 2 N–H and O–H groups in total. The number of halogens is 2. The van der Waals surface area contributed by atoms with E-state index in [9.17, 15) is 14.0 Å². The molecule has 26 heavy (non-hydrogen) atoms. The Morgan fingerprint density at radius 3 is 2.62 bits per heavy atom. The van der Waals surface area contributed by atoms with Gasteiger partial charge >= 0.3 is 0 Å². The van der Waals surface area contributed by atoms with Crippen LogP contribution < -0.4 is 10.6 Å². The Bertz CT molecular complexity index is 877. The molecule has 7 nitrogen and oxygen atoms in total. The molecule has 0 bridgehead atoms. The molecule has 2 amide bonds. The number of ether oxygens (including phenoxy) is 1. The van der Waals surface area contributed by atoms with E-state index in [0.29, 0.717) is 11.1 Å². The molecule has 1 aliphatic heterocycles. The zero-order valence-electron chi connectivity index (χ0n) is 14.1. The van der Waals surface area contributed by atoms with E-state index in [-0.39, 0.29) is 17.5 Å². The third kappa shape index (κ3) is 2.62. The number of hydrogen-bond acceptors (Lipinski definition) is 5. The zero-order chi connectivity index (χ0) is 19.1. The van der Waals surface area contributed by atoms with Gasteiger partial charge in [-0.25, -0.2) is 14.4 Å². The molecule has 1 unspecified atom stereocenters. The second-order valence-electron chi connectivity index (χ2n) is 5.92. The topological polar surface area (TPSA) is 98.4 Å². The smallest absolute Gasteiger partial charge is 0.237 e. The predicted octanol–water partition coefficient (Wildman–Crippen LogP) is 1.63. The first-order valence-corrected chi connectivity index (χ1v) is 8.12. The molecule has 2 atom stereocenters. The van der Waals surface area contributed by atoms with Crippen LogP contribution in [0.5, 0.6) is 0 Å². The number of benzene rings is 1. The van der Waals surface area contributed by atoms with Gasteiger partial charge in [-0.05, 0) is 17.7 Å². The Kier molecular flexibility index (Phi) is 4.64. The van der Waals surface area contributed by atoms with E-state index in [1.165, 1.54) is 37.7 Å². The highest BCUT2D eigenvalue weighted by molar-refractivity contribution is 6.31. The van der Waals surface area contributed by atoms with Crippen molar-refractivity contribution in [3.8, 4) is 0 Å². The summed E-state index contributed by atoms with van der Waals surface area (Å²) in [4.78, 5) is 33.7. The van der Waals surface area contributed by atoms with Crippen LogP contribution in [-0.4, -0.2) is 35.4 Å². The number of aromatic nitrogens is 2. The van der Waals surface area contributed by atoms with Gasteiger partial charge in [-0.2, -0.15) is 0 Å². The average molecular weight is 379 g/mol. The van der Waals surface area contributed by atoms with Crippen molar-refractivity contribution >= 4 is 29.2 Å². The lowest BCUT2D eigenvalue weighted by Gasteiger charge is -2.45. The second-order valence-corrected chi connectivity index (χ2v) is 6.28. The molecule has 0 fully saturated rings. The number of methoxy groups -OCH3 is 1. The maximum absolute atomic E-state index is 13.4. The summed E-state index contributed by atoms with van der Waals surface area (Å²) >= 11 is 6.34. The number of carbonyl (C=O) groups is 2. The van der Waals surface area contributed by atoms with Crippen LogP contribution in [0.25, 0.3) is 0 Å². The highest BCUT2D eigenvalue weighted by Gasteiger charge is 2.53. The maximum atomic E-state index is 13.4. The number of carbonyl (C=O) groups excluding carboxylic acids is 2. The molecule has 0 aliphatic carbocycles. The zero-order valence-corrected chi connectivity index (χ0v) is 14.8. The summed E-state index contributed by atoms with van der Waals surface area (Å²) < 4.78 is 19.2. The van der Waals surface area contributed by atoms with Crippen molar-refractivity contribution in [3.05, 3.63) is 52.7 Å². The van der Waals surface area contributed by atoms with Crippen LogP contribution >= 0.6 is 11.6 Å². The van der Waals surface area contributed by atoms with Gasteiger partial charge in [0.2, 0.25) is 11.8 Å². The van der Waals surface area contributed by atoms with Gasteiger partial charge < -0.3 is 10.5 Å². The summed E-state index contributed by atoms with van der Waals surface area (Å²) in [5, 5.41) is 0.0648.